The van der Waals surface area contributed by atoms with E-state index in [-0.39, 0.29) is 23.8 Å². The molecule has 0 aromatic carbocycles. The molecule has 0 aliphatic carbocycles. The van der Waals surface area contributed by atoms with Crippen LogP contribution in [-0.2, 0) is 14.3 Å². The summed E-state index contributed by atoms with van der Waals surface area (Å²) in [6.07, 6.45) is 3.32. The second kappa shape index (κ2) is 9.38. The lowest BCUT2D eigenvalue weighted by atomic mass is 9.85. The number of ether oxygens (including phenoxy) is 1. The molecule has 0 radical (unpaired) electrons. The van der Waals surface area contributed by atoms with E-state index in [9.17, 15) is 9.59 Å². The van der Waals surface area contributed by atoms with Crippen molar-refractivity contribution in [3.8, 4) is 0 Å². The second-order valence-corrected chi connectivity index (χ2v) is 7.59. The molecule has 134 valence electrons. The van der Waals surface area contributed by atoms with Gasteiger partial charge in [-0.15, -0.1) is 0 Å². The highest BCUT2D eigenvalue weighted by Gasteiger charge is 2.30. The first-order valence-corrected chi connectivity index (χ1v) is 8.85. The number of carbonyl (C=O) groups is 2. The van der Waals surface area contributed by atoms with E-state index >= 15 is 0 Å². The highest BCUT2D eigenvalue weighted by molar-refractivity contribution is 5.83. The van der Waals surface area contributed by atoms with Gasteiger partial charge in [0.1, 0.15) is 5.78 Å². The minimum atomic E-state index is -0.478. The number of likely N-dealkylation sites (tertiary alicyclic amines) is 1. The van der Waals surface area contributed by atoms with Crippen LogP contribution in [0.5, 0.6) is 0 Å². The minimum Gasteiger partial charge on any atom is -0.377 e. The molecule has 1 rings (SSSR count). The Morgan fingerprint density at radius 3 is 2.39 bits per heavy atom. The number of hydrogen-bond acceptors (Lipinski definition) is 4. The Kier molecular flexibility index (Phi) is 8.20. The van der Waals surface area contributed by atoms with E-state index in [1.807, 2.05) is 13.8 Å². The normalized spacial score (nSPS) is 17.5. The van der Waals surface area contributed by atoms with Crippen molar-refractivity contribution in [3.05, 3.63) is 0 Å². The van der Waals surface area contributed by atoms with Gasteiger partial charge in [0.05, 0.1) is 12.7 Å². The summed E-state index contributed by atoms with van der Waals surface area (Å²) < 4.78 is 5.59. The number of amides is 1. The summed E-state index contributed by atoms with van der Waals surface area (Å²) in [6.45, 7) is 13.3. The fourth-order valence-electron chi connectivity index (χ4n) is 2.70. The van der Waals surface area contributed by atoms with Crippen LogP contribution in [0.1, 0.15) is 60.3 Å². The van der Waals surface area contributed by atoms with Gasteiger partial charge in [-0.2, -0.15) is 0 Å². The van der Waals surface area contributed by atoms with E-state index < -0.39 is 5.41 Å². The first kappa shape index (κ1) is 20.1. The van der Waals surface area contributed by atoms with Crippen LogP contribution in [0, 0.1) is 5.41 Å². The number of ketones is 1. The zero-order valence-corrected chi connectivity index (χ0v) is 15.5. The largest absolute Gasteiger partial charge is 0.377 e. The fourth-order valence-corrected chi connectivity index (χ4v) is 2.70. The van der Waals surface area contributed by atoms with Crippen molar-refractivity contribution in [2.45, 2.75) is 72.4 Å². The van der Waals surface area contributed by atoms with E-state index in [1.165, 1.54) is 0 Å². The second-order valence-electron chi connectivity index (χ2n) is 7.59. The van der Waals surface area contributed by atoms with Gasteiger partial charge >= 0.3 is 0 Å². The third kappa shape index (κ3) is 7.93. The van der Waals surface area contributed by atoms with Crippen LogP contribution in [0.4, 0.5) is 0 Å². The number of carbonyl (C=O) groups excluding carboxylic acids is 2. The molecule has 0 saturated carbocycles. The predicted molar refractivity (Wildman–Crippen MR) is 92.4 cm³/mol. The van der Waals surface area contributed by atoms with Crippen molar-refractivity contribution in [3.63, 3.8) is 0 Å². The van der Waals surface area contributed by atoms with Gasteiger partial charge in [0.25, 0.3) is 0 Å². The average Bonchev–Trinajstić information content (AvgIpc) is 2.46. The third-order valence-corrected chi connectivity index (χ3v) is 4.50. The molecule has 5 heteroatoms. The number of piperidine rings is 1. The zero-order valence-electron chi connectivity index (χ0n) is 15.5. The lowest BCUT2D eigenvalue weighted by molar-refractivity contribution is -0.131. The lowest BCUT2D eigenvalue weighted by Crippen LogP contribution is -2.48. The van der Waals surface area contributed by atoms with Gasteiger partial charge in [-0.3, -0.25) is 4.79 Å². The molecule has 5 nitrogen and oxygen atoms in total. The molecule has 23 heavy (non-hydrogen) atoms. The first-order chi connectivity index (χ1) is 10.7. The van der Waals surface area contributed by atoms with Crippen molar-refractivity contribution >= 4 is 11.7 Å². The van der Waals surface area contributed by atoms with E-state index in [1.54, 1.807) is 6.92 Å². The van der Waals surface area contributed by atoms with Gasteiger partial charge in [-0.25, -0.2) is 0 Å². The molecule has 1 aliphatic heterocycles. The molecule has 0 atom stereocenters. The summed E-state index contributed by atoms with van der Waals surface area (Å²) in [5.41, 5.74) is -0.478. The molecule has 1 fully saturated rings. The smallest absolute Gasteiger partial charge is 0.225 e. The number of Topliss-reactive ketones (excluding diaryl/α,β-unsaturated/α-hetero) is 1. The minimum absolute atomic E-state index is 0.0698. The maximum Gasteiger partial charge on any atom is 0.225 e. The van der Waals surface area contributed by atoms with Crippen molar-refractivity contribution in [2.75, 3.05) is 26.2 Å². The molecule has 0 aromatic rings. The summed E-state index contributed by atoms with van der Waals surface area (Å²) in [5.74, 6) is 0.211. The number of hydrogen-bond donors (Lipinski definition) is 1. The molecule has 0 unspecified atom stereocenters. The monoisotopic (exact) mass is 326 g/mol. The van der Waals surface area contributed by atoms with E-state index in [0.29, 0.717) is 12.8 Å². The predicted octanol–water partition coefficient (Wildman–Crippen LogP) is 2.39. The van der Waals surface area contributed by atoms with E-state index in [0.717, 1.165) is 39.1 Å². The maximum absolute atomic E-state index is 12.4. The van der Waals surface area contributed by atoms with E-state index in [4.69, 9.17) is 4.74 Å². The summed E-state index contributed by atoms with van der Waals surface area (Å²) in [6, 6.07) is 0.251. The summed E-state index contributed by atoms with van der Waals surface area (Å²) in [7, 11) is 0. The zero-order chi connectivity index (χ0) is 17.5. The molecule has 1 amide bonds. The molecule has 0 aromatic heterocycles. The number of rotatable bonds is 9. The Bertz CT molecular complexity index is 386. The Balaban J connectivity index is 2.29. The Morgan fingerprint density at radius 1 is 1.26 bits per heavy atom. The number of nitrogens with one attached hydrogen (secondary N) is 1. The van der Waals surface area contributed by atoms with Crippen LogP contribution in [0.2, 0.25) is 0 Å². The molecule has 0 bridgehead atoms. The van der Waals surface area contributed by atoms with Crippen molar-refractivity contribution in [1.29, 1.82) is 0 Å². The van der Waals surface area contributed by atoms with Gasteiger partial charge in [0, 0.05) is 37.5 Å². The molecule has 1 saturated heterocycles. The highest BCUT2D eigenvalue weighted by atomic mass is 16.5. The molecule has 1 heterocycles. The van der Waals surface area contributed by atoms with Crippen molar-refractivity contribution in [1.82, 2.24) is 10.2 Å². The molecule has 0 spiro atoms. The van der Waals surface area contributed by atoms with Crippen LogP contribution in [-0.4, -0.2) is 55.0 Å². The van der Waals surface area contributed by atoms with Gasteiger partial charge in [-0.05, 0) is 40.0 Å². The summed E-state index contributed by atoms with van der Waals surface area (Å²) in [5, 5.41) is 3.17. The Hall–Kier alpha value is -0.940. The quantitative estimate of drug-likeness (QED) is 0.707. The fraction of sp³-hybridized carbons (Fsp3) is 0.889. The standard InChI is InChI=1S/C18H34N2O3/c1-14(2)23-13-12-20-10-7-16(8-11-20)19-17(22)18(4,5)9-6-15(3)21/h14,16H,6-13H2,1-5H3,(H,19,22). The maximum atomic E-state index is 12.4. The molecular formula is C18H34N2O3. The van der Waals surface area contributed by atoms with E-state index in [2.05, 4.69) is 24.1 Å². The van der Waals surface area contributed by atoms with Gasteiger partial charge in [0.2, 0.25) is 5.91 Å². The molecular weight excluding hydrogens is 292 g/mol. The Morgan fingerprint density at radius 2 is 1.87 bits per heavy atom. The van der Waals surface area contributed by atoms with Crippen molar-refractivity contribution in [2.24, 2.45) is 5.41 Å². The topological polar surface area (TPSA) is 58.6 Å². The van der Waals surface area contributed by atoms with Gasteiger partial charge in [-0.1, -0.05) is 13.8 Å². The lowest BCUT2D eigenvalue weighted by Gasteiger charge is -2.34. The van der Waals surface area contributed by atoms with Gasteiger partial charge < -0.3 is 19.7 Å². The van der Waals surface area contributed by atoms with Crippen LogP contribution < -0.4 is 5.32 Å². The van der Waals surface area contributed by atoms with Crippen LogP contribution >= 0.6 is 0 Å². The molecule has 1 N–H and O–H groups in total. The van der Waals surface area contributed by atoms with Crippen LogP contribution in [0.3, 0.4) is 0 Å². The van der Waals surface area contributed by atoms with Gasteiger partial charge in [0.15, 0.2) is 0 Å². The first-order valence-electron chi connectivity index (χ1n) is 8.85. The third-order valence-electron chi connectivity index (χ3n) is 4.50. The average molecular weight is 326 g/mol. The Labute approximate surface area is 141 Å². The van der Waals surface area contributed by atoms with Crippen molar-refractivity contribution < 1.29 is 14.3 Å². The summed E-state index contributed by atoms with van der Waals surface area (Å²) in [4.78, 5) is 25.9. The van der Waals surface area contributed by atoms with Crippen LogP contribution in [0.15, 0.2) is 0 Å². The SMILES string of the molecule is CC(=O)CCC(C)(C)C(=O)NC1CCN(CCOC(C)C)CC1. The van der Waals surface area contributed by atoms with Crippen LogP contribution in [0.25, 0.3) is 0 Å². The highest BCUT2D eigenvalue weighted by Crippen LogP contribution is 2.23. The summed E-state index contributed by atoms with van der Waals surface area (Å²) >= 11 is 0. The number of nitrogens with zero attached hydrogens (tertiary/aromatic N) is 1. The molecule has 1 aliphatic rings.